The van der Waals surface area contributed by atoms with E-state index in [1.54, 1.807) is 6.20 Å². The van der Waals surface area contributed by atoms with Gasteiger partial charge in [0, 0.05) is 18.4 Å². The second-order valence-electron chi connectivity index (χ2n) is 6.67. The maximum Gasteiger partial charge on any atom is 0.321 e. The van der Waals surface area contributed by atoms with Crippen molar-refractivity contribution in [2.24, 2.45) is 0 Å². The van der Waals surface area contributed by atoms with Crippen LogP contribution in [-0.2, 0) is 0 Å². The molecule has 1 fully saturated rings. The molecular weight excluding hydrogens is 328 g/mol. The van der Waals surface area contributed by atoms with Gasteiger partial charge in [-0.1, -0.05) is 25.3 Å². The van der Waals surface area contributed by atoms with Gasteiger partial charge in [0.15, 0.2) is 0 Å². The van der Waals surface area contributed by atoms with Crippen LogP contribution >= 0.6 is 0 Å². The van der Waals surface area contributed by atoms with E-state index in [4.69, 9.17) is 0 Å². The Morgan fingerprint density at radius 3 is 2.85 bits per heavy atom. The van der Waals surface area contributed by atoms with Crippen LogP contribution in [0.1, 0.15) is 37.8 Å². The van der Waals surface area contributed by atoms with Gasteiger partial charge in [-0.3, -0.25) is 9.72 Å². The largest absolute Gasteiger partial charge is 0.335 e. The van der Waals surface area contributed by atoms with Crippen LogP contribution in [0.4, 0.5) is 10.7 Å². The zero-order chi connectivity index (χ0) is 17.9. The molecule has 0 spiro atoms. The maximum atomic E-state index is 12.2. The molecule has 134 valence electrons. The molecule has 0 aliphatic heterocycles. The average Bonchev–Trinajstić information content (AvgIpc) is 2.98. The van der Waals surface area contributed by atoms with E-state index >= 15 is 0 Å². The Labute approximate surface area is 151 Å². The summed E-state index contributed by atoms with van der Waals surface area (Å²) in [6, 6.07) is 7.68. The highest BCUT2D eigenvalue weighted by molar-refractivity contribution is 5.87. The van der Waals surface area contributed by atoms with Gasteiger partial charge in [0.05, 0.1) is 17.1 Å². The Balaban J connectivity index is 1.54. The maximum absolute atomic E-state index is 12.2. The fraction of sp³-hybridized carbons (Fsp3) is 0.368. The summed E-state index contributed by atoms with van der Waals surface area (Å²) in [5.74, 6) is 0.293. The molecule has 0 atom stereocenters. The van der Waals surface area contributed by atoms with Crippen molar-refractivity contribution in [1.29, 1.82) is 0 Å². The first-order valence-corrected chi connectivity index (χ1v) is 9.05. The number of nitrogens with one attached hydrogen (secondary N) is 2. The summed E-state index contributed by atoms with van der Waals surface area (Å²) in [6.07, 6.45) is 9.28. The number of pyridine rings is 1. The number of urea groups is 1. The fourth-order valence-corrected chi connectivity index (χ4v) is 3.54. The molecule has 2 N–H and O–H groups in total. The van der Waals surface area contributed by atoms with E-state index < -0.39 is 0 Å². The Morgan fingerprint density at radius 2 is 2.00 bits per heavy atom. The first-order chi connectivity index (χ1) is 12.7. The van der Waals surface area contributed by atoms with Gasteiger partial charge in [-0.2, -0.15) is 0 Å². The van der Waals surface area contributed by atoms with Crippen LogP contribution in [0, 0.1) is 6.92 Å². The molecule has 3 aromatic heterocycles. The Kier molecular flexibility index (Phi) is 4.51. The summed E-state index contributed by atoms with van der Waals surface area (Å²) >= 11 is 0. The molecule has 7 nitrogen and oxygen atoms in total. The fourth-order valence-electron chi connectivity index (χ4n) is 3.54. The van der Waals surface area contributed by atoms with Crippen molar-refractivity contribution in [1.82, 2.24) is 24.7 Å². The van der Waals surface area contributed by atoms with Gasteiger partial charge in [0.2, 0.25) is 5.95 Å². The zero-order valence-corrected chi connectivity index (χ0v) is 14.8. The lowest BCUT2D eigenvalue weighted by atomic mass is 9.96. The molecule has 0 radical (unpaired) electrons. The number of amides is 2. The minimum Gasteiger partial charge on any atom is -0.335 e. The monoisotopic (exact) mass is 350 g/mol. The first-order valence-electron chi connectivity index (χ1n) is 9.05. The Bertz CT molecular complexity index is 929. The van der Waals surface area contributed by atoms with Gasteiger partial charge in [-0.15, -0.1) is 0 Å². The van der Waals surface area contributed by atoms with Crippen LogP contribution in [-0.4, -0.2) is 31.4 Å². The van der Waals surface area contributed by atoms with Crippen molar-refractivity contribution in [3.63, 3.8) is 0 Å². The molecule has 0 saturated heterocycles. The number of hydrogen-bond acceptors (Lipinski definition) is 4. The van der Waals surface area contributed by atoms with Crippen molar-refractivity contribution in [2.75, 3.05) is 5.32 Å². The number of carbonyl (C=O) groups is 1. The third kappa shape index (κ3) is 3.37. The van der Waals surface area contributed by atoms with E-state index in [2.05, 4.69) is 25.6 Å². The number of aromatic nitrogens is 4. The van der Waals surface area contributed by atoms with E-state index in [0.717, 1.165) is 35.6 Å². The molecule has 3 heterocycles. The van der Waals surface area contributed by atoms with E-state index in [0.29, 0.717) is 5.95 Å². The second kappa shape index (κ2) is 7.11. The molecule has 1 saturated carbocycles. The summed E-state index contributed by atoms with van der Waals surface area (Å²) in [4.78, 5) is 25.5. The highest BCUT2D eigenvalue weighted by Gasteiger charge is 2.17. The summed E-state index contributed by atoms with van der Waals surface area (Å²) in [6.45, 7) is 1.95. The quantitative estimate of drug-likeness (QED) is 0.756. The van der Waals surface area contributed by atoms with Crippen LogP contribution in [0.2, 0.25) is 0 Å². The number of rotatable bonds is 3. The van der Waals surface area contributed by atoms with Crippen LogP contribution in [0.3, 0.4) is 0 Å². The van der Waals surface area contributed by atoms with Crippen molar-refractivity contribution in [3.8, 4) is 11.4 Å². The predicted octanol–water partition coefficient (Wildman–Crippen LogP) is 3.55. The number of hydrogen-bond donors (Lipinski definition) is 2. The van der Waals surface area contributed by atoms with Crippen molar-refractivity contribution in [3.05, 3.63) is 42.4 Å². The molecule has 4 rings (SSSR count). The zero-order valence-electron chi connectivity index (χ0n) is 14.8. The third-order valence-corrected chi connectivity index (χ3v) is 4.77. The lowest BCUT2D eigenvalue weighted by Gasteiger charge is -2.22. The Hall–Kier alpha value is -2.96. The van der Waals surface area contributed by atoms with Gasteiger partial charge in [0.25, 0.3) is 0 Å². The number of nitrogens with zero attached hydrogens (tertiary/aromatic N) is 4. The van der Waals surface area contributed by atoms with Crippen molar-refractivity contribution >= 4 is 17.6 Å². The summed E-state index contributed by atoms with van der Waals surface area (Å²) in [5, 5.41) is 5.77. The normalized spacial score (nSPS) is 15.1. The third-order valence-electron chi connectivity index (χ3n) is 4.77. The lowest BCUT2D eigenvalue weighted by Crippen LogP contribution is -2.39. The molecule has 3 aromatic rings. The number of carbonyl (C=O) groups excluding carboxylic acids is 1. The minimum absolute atomic E-state index is 0.243. The van der Waals surface area contributed by atoms with Crippen LogP contribution in [0.5, 0.6) is 0 Å². The van der Waals surface area contributed by atoms with Crippen LogP contribution in [0.15, 0.2) is 36.7 Å². The summed E-state index contributed by atoms with van der Waals surface area (Å²) < 4.78 is 1.99. The summed E-state index contributed by atoms with van der Waals surface area (Å²) in [5.41, 5.74) is 3.37. The smallest absolute Gasteiger partial charge is 0.321 e. The van der Waals surface area contributed by atoms with Gasteiger partial charge in [-0.05, 0) is 38.0 Å². The van der Waals surface area contributed by atoms with E-state index in [9.17, 15) is 4.79 Å². The number of aryl methyl sites for hydroxylation is 1. The number of imidazole rings is 1. The molecule has 0 bridgehead atoms. The van der Waals surface area contributed by atoms with Crippen molar-refractivity contribution in [2.45, 2.75) is 45.1 Å². The highest BCUT2D eigenvalue weighted by atomic mass is 16.2. The number of fused-ring (bicyclic) bond motifs is 1. The van der Waals surface area contributed by atoms with Crippen molar-refractivity contribution < 1.29 is 4.79 Å². The first kappa shape index (κ1) is 16.5. The molecule has 7 heteroatoms. The standard InChI is InChI=1S/C19H22N6O/c1-13-17(25-12-6-5-9-16(25)21-13)15-10-11-20-18(23-15)24-19(26)22-14-7-3-2-4-8-14/h5-6,9-12,14H,2-4,7-8H2,1H3,(H2,20,22,23,24,26). The van der Waals surface area contributed by atoms with Gasteiger partial charge in [-0.25, -0.2) is 19.7 Å². The molecule has 26 heavy (non-hydrogen) atoms. The molecule has 0 unspecified atom stereocenters. The molecule has 1 aliphatic carbocycles. The highest BCUT2D eigenvalue weighted by Crippen LogP contribution is 2.23. The molecule has 1 aliphatic rings. The summed E-state index contributed by atoms with van der Waals surface area (Å²) in [7, 11) is 0. The second-order valence-corrected chi connectivity index (χ2v) is 6.67. The van der Waals surface area contributed by atoms with Gasteiger partial charge >= 0.3 is 6.03 Å². The molecule has 0 aromatic carbocycles. The molecular formula is C19H22N6O. The van der Waals surface area contributed by atoms with Crippen LogP contribution < -0.4 is 10.6 Å². The number of anilines is 1. The van der Waals surface area contributed by atoms with Gasteiger partial charge in [0.1, 0.15) is 5.65 Å². The predicted molar refractivity (Wildman–Crippen MR) is 100.0 cm³/mol. The van der Waals surface area contributed by atoms with E-state index in [1.165, 1.54) is 19.3 Å². The average molecular weight is 350 g/mol. The van der Waals surface area contributed by atoms with Gasteiger partial charge < -0.3 is 5.32 Å². The topological polar surface area (TPSA) is 84.2 Å². The van der Waals surface area contributed by atoms with Crippen LogP contribution in [0.25, 0.3) is 17.0 Å². The Morgan fingerprint density at radius 1 is 1.15 bits per heavy atom. The minimum atomic E-state index is -0.246. The lowest BCUT2D eigenvalue weighted by molar-refractivity contribution is 0.244. The van der Waals surface area contributed by atoms with E-state index in [1.807, 2.05) is 41.8 Å². The SMILES string of the molecule is Cc1nc2ccccn2c1-c1ccnc(NC(=O)NC2CCCCC2)n1. The van der Waals surface area contributed by atoms with E-state index in [-0.39, 0.29) is 12.1 Å². The molecule has 2 amide bonds.